The molecule has 0 saturated heterocycles. The van der Waals surface area contributed by atoms with E-state index in [4.69, 9.17) is 23.9 Å². The third-order valence-electron chi connectivity index (χ3n) is 8.06. The molecule has 1 unspecified atom stereocenters. The molecule has 1 aliphatic heterocycles. The number of benzene rings is 3. The Morgan fingerprint density at radius 3 is 2.26 bits per heavy atom. The van der Waals surface area contributed by atoms with Crippen molar-refractivity contribution < 1.29 is 33.6 Å². The zero-order valence-corrected chi connectivity index (χ0v) is 24.3. The quantitative estimate of drug-likeness (QED) is 0.326. The largest absolute Gasteiger partial charge is 0.504 e. The van der Waals surface area contributed by atoms with Gasteiger partial charge in [-0.05, 0) is 60.2 Å². The molecule has 1 heterocycles. The second-order valence-electron chi connectivity index (χ2n) is 10.5. The number of aromatic hydroxyl groups is 1. The fourth-order valence-electron chi connectivity index (χ4n) is 5.97. The van der Waals surface area contributed by atoms with Crippen LogP contribution in [0.1, 0.15) is 48.3 Å². The smallest absolute Gasteiger partial charge is 0.315 e. The zero-order chi connectivity index (χ0) is 29.8. The van der Waals surface area contributed by atoms with Gasteiger partial charge in [0, 0.05) is 35.7 Å². The average molecular weight is 570 g/mol. The summed E-state index contributed by atoms with van der Waals surface area (Å²) in [6.07, 6.45) is 1.34. The molecule has 1 aliphatic carbocycles. The van der Waals surface area contributed by atoms with Crippen molar-refractivity contribution in [3.8, 4) is 23.0 Å². The van der Waals surface area contributed by atoms with Gasteiger partial charge >= 0.3 is 5.97 Å². The van der Waals surface area contributed by atoms with Crippen LogP contribution in [0.25, 0.3) is 0 Å². The van der Waals surface area contributed by atoms with Gasteiger partial charge in [0.1, 0.15) is 5.92 Å². The van der Waals surface area contributed by atoms with E-state index in [9.17, 15) is 14.7 Å². The van der Waals surface area contributed by atoms with E-state index >= 15 is 0 Å². The number of allylic oxidation sites excluding steroid dienone is 2. The topological polar surface area (TPSA) is 104 Å². The highest BCUT2D eigenvalue weighted by Gasteiger charge is 2.45. The van der Waals surface area contributed by atoms with Gasteiger partial charge in [0.25, 0.3) is 0 Å². The summed E-state index contributed by atoms with van der Waals surface area (Å²) in [7, 11) is 4.63. The lowest BCUT2D eigenvalue weighted by Crippen LogP contribution is -2.38. The second-order valence-corrected chi connectivity index (χ2v) is 10.5. The molecule has 3 aromatic rings. The minimum atomic E-state index is -0.811. The van der Waals surface area contributed by atoms with Crippen molar-refractivity contribution in [1.29, 1.82) is 0 Å². The Morgan fingerprint density at radius 1 is 0.881 bits per heavy atom. The Bertz CT molecular complexity index is 1540. The van der Waals surface area contributed by atoms with Crippen LogP contribution in [0.5, 0.6) is 23.0 Å². The van der Waals surface area contributed by atoms with Gasteiger partial charge in [-0.25, -0.2) is 0 Å². The molecule has 0 bridgehead atoms. The van der Waals surface area contributed by atoms with Crippen molar-refractivity contribution in [3.63, 3.8) is 0 Å². The molecule has 8 heteroatoms. The van der Waals surface area contributed by atoms with Gasteiger partial charge < -0.3 is 24.1 Å². The summed E-state index contributed by atoms with van der Waals surface area (Å²) >= 11 is 0. The lowest BCUT2D eigenvalue weighted by molar-refractivity contribution is -0.146. The number of ether oxygens (including phenoxy) is 4. The fourth-order valence-corrected chi connectivity index (χ4v) is 5.97. The molecule has 0 aromatic heterocycles. The number of carbonyl (C=O) groups is 2. The van der Waals surface area contributed by atoms with E-state index < -0.39 is 17.8 Å². The minimum Gasteiger partial charge on any atom is -0.504 e. The van der Waals surface area contributed by atoms with Crippen LogP contribution in [0.4, 0.5) is 0 Å². The van der Waals surface area contributed by atoms with Crippen molar-refractivity contribution >= 4 is 17.5 Å². The normalized spacial score (nSPS) is 20.0. The van der Waals surface area contributed by atoms with Crippen LogP contribution >= 0.6 is 0 Å². The SMILES string of the molecule is COc1ccc([C@H]2C3=C(C[C@H](c4ccc(OC)c(OC)c4)CC3=O)N=C(C)C2C(=O)OCCc2ccccc2)cc1O. The van der Waals surface area contributed by atoms with Crippen LogP contribution < -0.4 is 14.2 Å². The Kier molecular flexibility index (Phi) is 8.61. The first-order valence-electron chi connectivity index (χ1n) is 13.9. The molecule has 2 aliphatic rings. The van der Waals surface area contributed by atoms with Gasteiger partial charge in [0.15, 0.2) is 28.8 Å². The fraction of sp³-hybridized carbons (Fsp3) is 0.324. The van der Waals surface area contributed by atoms with Gasteiger partial charge in [-0.15, -0.1) is 0 Å². The number of esters is 1. The number of nitrogens with zero attached hydrogens (tertiary/aromatic N) is 1. The summed E-state index contributed by atoms with van der Waals surface area (Å²) < 4.78 is 21.9. The number of ketones is 1. The summed E-state index contributed by atoms with van der Waals surface area (Å²) in [4.78, 5) is 32.4. The summed E-state index contributed by atoms with van der Waals surface area (Å²) in [5.41, 5.74) is 4.34. The van der Waals surface area contributed by atoms with Crippen LogP contribution in [0.3, 0.4) is 0 Å². The van der Waals surface area contributed by atoms with Crippen LogP contribution in [0, 0.1) is 5.92 Å². The molecule has 218 valence electrons. The molecule has 5 rings (SSSR count). The van der Waals surface area contributed by atoms with Crippen molar-refractivity contribution in [2.45, 2.75) is 38.0 Å². The summed E-state index contributed by atoms with van der Waals surface area (Å²) in [6, 6.07) is 20.4. The first kappa shape index (κ1) is 28.9. The summed E-state index contributed by atoms with van der Waals surface area (Å²) in [6.45, 7) is 2.00. The maximum atomic E-state index is 13.9. The number of rotatable bonds is 9. The summed E-state index contributed by atoms with van der Waals surface area (Å²) in [5, 5.41) is 10.6. The highest BCUT2D eigenvalue weighted by molar-refractivity contribution is 6.09. The Morgan fingerprint density at radius 2 is 1.57 bits per heavy atom. The van der Waals surface area contributed by atoms with Gasteiger partial charge in [0.05, 0.1) is 27.9 Å². The molecule has 0 amide bonds. The Balaban J connectivity index is 1.49. The first-order chi connectivity index (χ1) is 20.3. The number of Topliss-reactive ketones (excluding diaryl/α,β-unsaturated/α-hetero) is 1. The van der Waals surface area contributed by atoms with Gasteiger partial charge in [-0.3, -0.25) is 14.6 Å². The van der Waals surface area contributed by atoms with Crippen LogP contribution in [0.15, 0.2) is 83.0 Å². The van der Waals surface area contributed by atoms with E-state index in [1.807, 2.05) is 48.5 Å². The molecular weight excluding hydrogens is 534 g/mol. The van der Waals surface area contributed by atoms with E-state index in [1.54, 1.807) is 39.3 Å². The maximum Gasteiger partial charge on any atom is 0.315 e. The third-order valence-corrected chi connectivity index (χ3v) is 8.06. The average Bonchev–Trinajstić information content (AvgIpc) is 3.00. The van der Waals surface area contributed by atoms with Crippen LogP contribution in [-0.4, -0.2) is 50.5 Å². The highest BCUT2D eigenvalue weighted by atomic mass is 16.5. The molecule has 3 aromatic carbocycles. The maximum absolute atomic E-state index is 13.9. The molecule has 42 heavy (non-hydrogen) atoms. The van der Waals surface area contributed by atoms with E-state index in [0.29, 0.717) is 52.6 Å². The Labute approximate surface area is 245 Å². The Hall–Kier alpha value is -4.59. The molecular formula is C34H35NO7. The molecule has 0 fully saturated rings. The molecule has 3 atom stereocenters. The molecule has 8 nitrogen and oxygen atoms in total. The first-order valence-corrected chi connectivity index (χ1v) is 13.9. The molecule has 0 radical (unpaired) electrons. The highest BCUT2D eigenvalue weighted by Crippen LogP contribution is 2.48. The van der Waals surface area contributed by atoms with Crippen molar-refractivity contribution in [2.24, 2.45) is 10.9 Å². The van der Waals surface area contributed by atoms with Crippen molar-refractivity contribution in [2.75, 3.05) is 27.9 Å². The third kappa shape index (κ3) is 5.75. The zero-order valence-electron chi connectivity index (χ0n) is 24.3. The number of phenols is 1. The van der Waals surface area contributed by atoms with Crippen LogP contribution in [-0.2, 0) is 20.7 Å². The number of phenolic OH excluding ortho intramolecular Hbond substituents is 1. The number of hydrogen-bond donors (Lipinski definition) is 1. The monoisotopic (exact) mass is 569 g/mol. The van der Waals surface area contributed by atoms with E-state index in [1.165, 1.54) is 7.11 Å². The predicted octanol–water partition coefficient (Wildman–Crippen LogP) is 5.78. The number of methoxy groups -OCH3 is 3. The van der Waals surface area contributed by atoms with E-state index in [2.05, 4.69) is 0 Å². The van der Waals surface area contributed by atoms with Crippen molar-refractivity contribution in [3.05, 3.63) is 94.7 Å². The van der Waals surface area contributed by atoms with E-state index in [0.717, 1.165) is 11.1 Å². The second kappa shape index (κ2) is 12.5. The lowest BCUT2D eigenvalue weighted by Gasteiger charge is -2.36. The number of aliphatic imine (C=N–C) groups is 1. The minimum absolute atomic E-state index is 0.0695. The standard InChI is InChI=1S/C34H35NO7/c1-20-31(34(38)42-15-14-21-8-6-5-7-9-21)32(23-11-12-28(39-2)26(36)17-23)33-25(35-20)16-24(18-27(33)37)22-10-13-29(40-3)30(19-22)41-4/h5-13,17,19,24,31-32,36H,14-16,18H2,1-4H3/t24-,31?,32+/m0/s1. The molecule has 0 spiro atoms. The van der Waals surface area contributed by atoms with Gasteiger partial charge in [-0.2, -0.15) is 0 Å². The number of carbonyl (C=O) groups excluding carboxylic acids is 2. The molecule has 0 saturated carbocycles. The van der Waals surface area contributed by atoms with Gasteiger partial charge in [-0.1, -0.05) is 42.5 Å². The van der Waals surface area contributed by atoms with Crippen LogP contribution in [0.2, 0.25) is 0 Å². The lowest BCUT2D eigenvalue weighted by atomic mass is 9.69. The summed E-state index contributed by atoms with van der Waals surface area (Å²) in [5.74, 6) is -0.681. The molecule has 1 N–H and O–H groups in total. The number of hydrogen-bond acceptors (Lipinski definition) is 8. The van der Waals surface area contributed by atoms with Gasteiger partial charge in [0.2, 0.25) is 0 Å². The van der Waals surface area contributed by atoms with E-state index in [-0.39, 0.29) is 30.5 Å². The van der Waals surface area contributed by atoms with Crippen molar-refractivity contribution in [1.82, 2.24) is 0 Å². The predicted molar refractivity (Wildman–Crippen MR) is 159 cm³/mol.